The molecule has 0 unspecified atom stereocenters. The lowest BCUT2D eigenvalue weighted by Crippen LogP contribution is -2.17. The van der Waals surface area contributed by atoms with Gasteiger partial charge in [-0.25, -0.2) is 0 Å². The lowest BCUT2D eigenvalue weighted by molar-refractivity contribution is -0.111. The molecule has 4 heteroatoms. The van der Waals surface area contributed by atoms with E-state index < -0.39 is 5.91 Å². The van der Waals surface area contributed by atoms with Gasteiger partial charge in [-0.1, -0.05) is 0 Å². The van der Waals surface area contributed by atoms with Crippen LogP contribution in [0.25, 0.3) is 0 Å². The Bertz CT molecular complexity index is 463. The van der Waals surface area contributed by atoms with Gasteiger partial charge >= 0.3 is 0 Å². The zero-order chi connectivity index (χ0) is 13.1. The van der Waals surface area contributed by atoms with E-state index in [1.807, 2.05) is 12.3 Å². The average molecular weight is 246 g/mol. The molecule has 1 saturated carbocycles. The van der Waals surface area contributed by atoms with Crippen molar-refractivity contribution in [2.75, 3.05) is 0 Å². The van der Waals surface area contributed by atoms with Gasteiger partial charge in [0.1, 0.15) is 6.29 Å². The van der Waals surface area contributed by atoms with Crippen molar-refractivity contribution < 1.29 is 9.59 Å². The summed E-state index contributed by atoms with van der Waals surface area (Å²) in [6, 6.07) is 1.86. The normalized spacial score (nSPS) is 23.6. The van der Waals surface area contributed by atoms with Crippen LogP contribution in [0.1, 0.15) is 53.2 Å². The van der Waals surface area contributed by atoms with Gasteiger partial charge in [0.2, 0.25) is 0 Å². The predicted molar refractivity (Wildman–Crippen MR) is 68.3 cm³/mol. The number of hydrogen-bond acceptors (Lipinski definition) is 3. The first-order valence-corrected chi connectivity index (χ1v) is 6.33. The van der Waals surface area contributed by atoms with Crippen molar-refractivity contribution in [3.63, 3.8) is 0 Å². The maximum Gasteiger partial charge on any atom is 0.250 e. The molecule has 18 heavy (non-hydrogen) atoms. The van der Waals surface area contributed by atoms with Gasteiger partial charge in [-0.3, -0.25) is 9.78 Å². The van der Waals surface area contributed by atoms with Crippen molar-refractivity contribution in [2.45, 2.75) is 38.5 Å². The quantitative estimate of drug-likeness (QED) is 0.828. The predicted octanol–water partition coefficient (Wildman–Crippen LogP) is 1.96. The molecule has 1 heterocycles. The van der Waals surface area contributed by atoms with Crippen LogP contribution < -0.4 is 5.73 Å². The van der Waals surface area contributed by atoms with Gasteiger partial charge in [0.05, 0.1) is 5.56 Å². The highest BCUT2D eigenvalue weighted by Gasteiger charge is 2.23. The molecule has 2 rings (SSSR count). The number of primary amides is 1. The molecule has 1 aliphatic rings. The fourth-order valence-electron chi connectivity index (χ4n) is 2.61. The van der Waals surface area contributed by atoms with Crippen LogP contribution in [0.5, 0.6) is 0 Å². The smallest absolute Gasteiger partial charge is 0.250 e. The molecule has 0 aliphatic heterocycles. The number of carbonyl (C=O) groups excluding carboxylic acids is 2. The lowest BCUT2D eigenvalue weighted by Gasteiger charge is -2.25. The number of aromatic nitrogens is 1. The Kier molecular flexibility index (Phi) is 3.75. The molecule has 0 saturated heterocycles. The van der Waals surface area contributed by atoms with E-state index >= 15 is 0 Å². The number of amides is 1. The Morgan fingerprint density at radius 1 is 1.39 bits per heavy atom. The highest BCUT2D eigenvalue weighted by Crippen LogP contribution is 2.35. The fourth-order valence-corrected chi connectivity index (χ4v) is 2.61. The van der Waals surface area contributed by atoms with E-state index in [0.29, 0.717) is 17.2 Å². The van der Waals surface area contributed by atoms with Crippen molar-refractivity contribution in [3.05, 3.63) is 29.1 Å². The molecule has 1 aromatic rings. The molecule has 0 aromatic carbocycles. The number of rotatable bonds is 3. The summed E-state index contributed by atoms with van der Waals surface area (Å²) in [6.07, 6.45) is 6.69. The van der Waals surface area contributed by atoms with Crippen molar-refractivity contribution in [1.82, 2.24) is 4.98 Å². The van der Waals surface area contributed by atoms with Crippen LogP contribution in [0, 0.1) is 12.8 Å². The van der Waals surface area contributed by atoms with Gasteiger partial charge in [-0.15, -0.1) is 0 Å². The topological polar surface area (TPSA) is 73.1 Å². The highest BCUT2D eigenvalue weighted by molar-refractivity contribution is 5.93. The molecule has 1 aromatic heterocycles. The number of hydrogen-bond donors (Lipinski definition) is 1. The molecule has 2 N–H and O–H groups in total. The largest absolute Gasteiger partial charge is 0.366 e. The zero-order valence-corrected chi connectivity index (χ0v) is 10.6. The Labute approximate surface area is 107 Å². The van der Waals surface area contributed by atoms with Crippen molar-refractivity contribution >= 4 is 12.2 Å². The van der Waals surface area contributed by atoms with Crippen molar-refractivity contribution in [1.29, 1.82) is 0 Å². The van der Waals surface area contributed by atoms with E-state index in [9.17, 15) is 9.59 Å². The minimum Gasteiger partial charge on any atom is -0.366 e. The summed E-state index contributed by atoms with van der Waals surface area (Å²) in [7, 11) is 0. The fraction of sp³-hybridized carbons (Fsp3) is 0.500. The summed E-state index contributed by atoms with van der Waals surface area (Å²) in [4.78, 5) is 26.3. The Morgan fingerprint density at radius 2 is 2.06 bits per heavy atom. The van der Waals surface area contributed by atoms with Crippen LogP contribution in [0.15, 0.2) is 12.3 Å². The van der Waals surface area contributed by atoms with Gasteiger partial charge < -0.3 is 10.5 Å². The lowest BCUT2D eigenvalue weighted by atomic mass is 9.79. The third kappa shape index (κ3) is 2.58. The van der Waals surface area contributed by atoms with Gasteiger partial charge in [-0.2, -0.15) is 0 Å². The Hall–Kier alpha value is -1.71. The van der Waals surface area contributed by atoms with Crippen LogP contribution in [0.2, 0.25) is 0 Å². The molecule has 0 bridgehead atoms. The first kappa shape index (κ1) is 12.7. The number of carbonyl (C=O) groups is 2. The van der Waals surface area contributed by atoms with E-state index in [1.54, 1.807) is 6.92 Å². The molecule has 4 nitrogen and oxygen atoms in total. The third-order valence-corrected chi connectivity index (χ3v) is 3.81. The summed E-state index contributed by atoms with van der Waals surface area (Å²) < 4.78 is 0. The van der Waals surface area contributed by atoms with Crippen LogP contribution in [0.4, 0.5) is 0 Å². The summed E-state index contributed by atoms with van der Waals surface area (Å²) >= 11 is 0. The van der Waals surface area contributed by atoms with Gasteiger partial charge in [0.25, 0.3) is 5.91 Å². The van der Waals surface area contributed by atoms with Crippen LogP contribution >= 0.6 is 0 Å². The van der Waals surface area contributed by atoms with Crippen molar-refractivity contribution in [3.8, 4) is 0 Å². The molecular formula is C14H18N2O2. The number of aldehydes is 1. The number of nitrogens with two attached hydrogens (primary N) is 1. The summed E-state index contributed by atoms with van der Waals surface area (Å²) in [5.41, 5.74) is 7.58. The van der Waals surface area contributed by atoms with Crippen LogP contribution in [0.3, 0.4) is 0 Å². The van der Waals surface area contributed by atoms with Gasteiger partial charge in [0, 0.05) is 17.8 Å². The molecule has 0 atom stereocenters. The first-order chi connectivity index (χ1) is 8.61. The second-order valence-electron chi connectivity index (χ2n) is 5.01. The number of nitrogens with zero attached hydrogens (tertiary/aromatic N) is 1. The van der Waals surface area contributed by atoms with E-state index in [2.05, 4.69) is 4.98 Å². The molecule has 0 spiro atoms. The van der Waals surface area contributed by atoms with Crippen LogP contribution in [-0.2, 0) is 4.79 Å². The zero-order valence-electron chi connectivity index (χ0n) is 10.6. The van der Waals surface area contributed by atoms with Crippen LogP contribution in [-0.4, -0.2) is 17.2 Å². The molecule has 1 aliphatic carbocycles. The molecule has 96 valence electrons. The SMILES string of the molecule is Cc1ncc(C2CCC(C=O)CC2)cc1C(N)=O. The second kappa shape index (κ2) is 5.29. The van der Waals surface area contributed by atoms with Gasteiger partial charge in [-0.05, 0) is 50.2 Å². The summed E-state index contributed by atoms with van der Waals surface area (Å²) in [6.45, 7) is 1.78. The van der Waals surface area contributed by atoms with Crippen molar-refractivity contribution in [2.24, 2.45) is 11.7 Å². The molecule has 0 radical (unpaired) electrons. The molecule has 1 fully saturated rings. The third-order valence-electron chi connectivity index (χ3n) is 3.81. The monoisotopic (exact) mass is 246 g/mol. The minimum absolute atomic E-state index is 0.204. The Morgan fingerprint density at radius 3 is 2.61 bits per heavy atom. The highest BCUT2D eigenvalue weighted by atomic mass is 16.1. The number of aryl methyl sites for hydroxylation is 1. The summed E-state index contributed by atoms with van der Waals surface area (Å²) in [5.74, 6) is 0.172. The maximum atomic E-state index is 11.3. The molecule has 1 amide bonds. The Balaban J connectivity index is 2.17. The van der Waals surface area contributed by atoms with E-state index in [1.165, 1.54) is 0 Å². The van der Waals surface area contributed by atoms with Gasteiger partial charge in [0.15, 0.2) is 0 Å². The number of pyridine rings is 1. The molecular weight excluding hydrogens is 228 g/mol. The van der Waals surface area contributed by atoms with E-state index in [0.717, 1.165) is 37.5 Å². The standard InChI is InChI=1S/C14H18N2O2/c1-9-13(14(15)18)6-12(7-16-9)11-4-2-10(8-17)3-5-11/h6-8,10-11H,2-5H2,1H3,(H2,15,18). The minimum atomic E-state index is -0.427. The van der Waals surface area contributed by atoms with E-state index in [4.69, 9.17) is 5.73 Å². The average Bonchev–Trinajstić information content (AvgIpc) is 2.39. The maximum absolute atomic E-state index is 11.3. The van der Waals surface area contributed by atoms with E-state index in [-0.39, 0.29) is 5.92 Å². The first-order valence-electron chi connectivity index (χ1n) is 6.33. The second-order valence-corrected chi connectivity index (χ2v) is 5.01. The summed E-state index contributed by atoms with van der Waals surface area (Å²) in [5, 5.41) is 0.